The van der Waals surface area contributed by atoms with E-state index in [-0.39, 0.29) is 12.3 Å². The number of halogens is 3. The lowest BCUT2D eigenvalue weighted by atomic mass is 10.2. The van der Waals surface area contributed by atoms with Crippen molar-refractivity contribution in [3.8, 4) is 5.75 Å². The van der Waals surface area contributed by atoms with Crippen molar-refractivity contribution in [2.24, 2.45) is 5.73 Å². The van der Waals surface area contributed by atoms with E-state index < -0.39 is 17.7 Å². The molecule has 0 amide bonds. The van der Waals surface area contributed by atoms with Crippen LogP contribution in [0, 0.1) is 11.6 Å². The van der Waals surface area contributed by atoms with Gasteiger partial charge >= 0.3 is 0 Å². The molecule has 0 saturated heterocycles. The summed E-state index contributed by atoms with van der Waals surface area (Å²) in [7, 11) is 0. The van der Waals surface area contributed by atoms with Crippen molar-refractivity contribution < 1.29 is 13.5 Å². The maximum Gasteiger partial charge on any atom is 0.168 e. The van der Waals surface area contributed by atoms with Crippen LogP contribution in [0.1, 0.15) is 11.0 Å². The molecule has 0 radical (unpaired) electrons. The maximum atomic E-state index is 13.4. The Balaban J connectivity index is 2.20. The van der Waals surface area contributed by atoms with Crippen LogP contribution in [0.15, 0.2) is 30.3 Å². The molecule has 2 nitrogen and oxygen atoms in total. The summed E-state index contributed by atoms with van der Waals surface area (Å²) >= 11 is 7.13. The first-order valence-corrected chi connectivity index (χ1v) is 6.36. The topological polar surface area (TPSA) is 35.2 Å². The molecule has 1 unspecified atom stereocenters. The van der Waals surface area contributed by atoms with Crippen LogP contribution in [0.3, 0.4) is 0 Å². The lowest BCUT2D eigenvalue weighted by Gasteiger charge is -2.16. The summed E-state index contributed by atoms with van der Waals surface area (Å²) in [5.74, 6) is -1.43. The zero-order chi connectivity index (χ0) is 13.1. The first-order chi connectivity index (χ1) is 8.60. The Morgan fingerprint density at radius 2 is 2.06 bits per heavy atom. The first-order valence-electron chi connectivity index (χ1n) is 5.17. The van der Waals surface area contributed by atoms with Crippen LogP contribution in [0.2, 0.25) is 4.34 Å². The van der Waals surface area contributed by atoms with Crippen molar-refractivity contribution in [1.82, 2.24) is 0 Å². The Labute approximate surface area is 112 Å². The van der Waals surface area contributed by atoms with E-state index >= 15 is 0 Å². The fourth-order valence-electron chi connectivity index (χ4n) is 1.45. The monoisotopic (exact) mass is 289 g/mol. The zero-order valence-electron chi connectivity index (χ0n) is 9.20. The van der Waals surface area contributed by atoms with E-state index in [1.807, 2.05) is 0 Å². The van der Waals surface area contributed by atoms with Gasteiger partial charge in [0.15, 0.2) is 11.6 Å². The summed E-state index contributed by atoms with van der Waals surface area (Å²) in [4.78, 5) is 0.797. The molecule has 0 spiro atoms. The average molecular weight is 290 g/mol. The zero-order valence-corrected chi connectivity index (χ0v) is 10.8. The molecular formula is C12H10ClF2NOS. The summed E-state index contributed by atoms with van der Waals surface area (Å²) in [5.41, 5.74) is 5.58. The van der Waals surface area contributed by atoms with Crippen molar-refractivity contribution in [2.75, 3.05) is 6.54 Å². The van der Waals surface area contributed by atoms with E-state index in [1.165, 1.54) is 17.4 Å². The number of ether oxygens (including phenoxy) is 1. The van der Waals surface area contributed by atoms with E-state index in [1.54, 1.807) is 12.1 Å². The van der Waals surface area contributed by atoms with Gasteiger partial charge in [-0.1, -0.05) is 11.6 Å². The number of benzene rings is 1. The van der Waals surface area contributed by atoms with Gasteiger partial charge in [-0.05, 0) is 24.3 Å². The Bertz CT molecular complexity index is 547. The Morgan fingerprint density at radius 1 is 1.28 bits per heavy atom. The molecule has 18 heavy (non-hydrogen) atoms. The third-order valence-electron chi connectivity index (χ3n) is 2.29. The Kier molecular flexibility index (Phi) is 4.16. The summed E-state index contributed by atoms with van der Waals surface area (Å²) in [6, 6.07) is 6.63. The summed E-state index contributed by atoms with van der Waals surface area (Å²) in [6.45, 7) is 0.174. The van der Waals surface area contributed by atoms with Gasteiger partial charge in [-0.3, -0.25) is 0 Å². The molecule has 0 saturated carbocycles. The molecule has 0 aliphatic heterocycles. The van der Waals surface area contributed by atoms with Gasteiger partial charge in [0.2, 0.25) is 0 Å². The van der Waals surface area contributed by atoms with Gasteiger partial charge in [-0.2, -0.15) is 0 Å². The number of rotatable bonds is 4. The van der Waals surface area contributed by atoms with Crippen LogP contribution in [-0.4, -0.2) is 6.54 Å². The molecule has 1 aromatic carbocycles. The molecular weight excluding hydrogens is 280 g/mol. The molecule has 2 N–H and O–H groups in total. The quantitative estimate of drug-likeness (QED) is 0.930. The fourth-order valence-corrected chi connectivity index (χ4v) is 2.55. The molecule has 1 heterocycles. The second-order valence-electron chi connectivity index (χ2n) is 3.56. The van der Waals surface area contributed by atoms with Crippen LogP contribution in [0.25, 0.3) is 0 Å². The summed E-state index contributed by atoms with van der Waals surface area (Å²) in [5, 5.41) is 0. The minimum atomic E-state index is -0.754. The van der Waals surface area contributed by atoms with Gasteiger partial charge in [-0.25, -0.2) is 8.78 Å². The minimum Gasteiger partial charge on any atom is -0.480 e. The van der Waals surface area contributed by atoms with E-state index in [0.29, 0.717) is 4.34 Å². The van der Waals surface area contributed by atoms with Crippen LogP contribution in [0.5, 0.6) is 5.75 Å². The lowest BCUT2D eigenvalue weighted by Crippen LogP contribution is -2.17. The van der Waals surface area contributed by atoms with Crippen molar-refractivity contribution in [1.29, 1.82) is 0 Å². The van der Waals surface area contributed by atoms with Gasteiger partial charge < -0.3 is 10.5 Å². The van der Waals surface area contributed by atoms with Crippen molar-refractivity contribution in [3.63, 3.8) is 0 Å². The van der Waals surface area contributed by atoms with Crippen LogP contribution in [-0.2, 0) is 0 Å². The summed E-state index contributed by atoms with van der Waals surface area (Å²) < 4.78 is 32.2. The van der Waals surface area contributed by atoms with E-state index in [9.17, 15) is 8.78 Å². The largest absolute Gasteiger partial charge is 0.480 e. The molecule has 6 heteroatoms. The Hall–Kier alpha value is -1.17. The SMILES string of the molecule is NCC(Oc1ccc(F)cc1F)c1ccc(Cl)s1. The Morgan fingerprint density at radius 3 is 2.61 bits per heavy atom. The highest BCUT2D eigenvalue weighted by atomic mass is 35.5. The highest BCUT2D eigenvalue weighted by Crippen LogP contribution is 2.30. The lowest BCUT2D eigenvalue weighted by molar-refractivity contribution is 0.207. The molecule has 2 rings (SSSR count). The number of hydrogen-bond acceptors (Lipinski definition) is 3. The van der Waals surface area contributed by atoms with Crippen molar-refractivity contribution in [2.45, 2.75) is 6.10 Å². The van der Waals surface area contributed by atoms with Crippen molar-refractivity contribution >= 4 is 22.9 Å². The highest BCUT2D eigenvalue weighted by molar-refractivity contribution is 7.16. The molecule has 0 fully saturated rings. The average Bonchev–Trinajstić information content (AvgIpc) is 2.75. The predicted molar refractivity (Wildman–Crippen MR) is 68.1 cm³/mol. The second kappa shape index (κ2) is 5.65. The van der Waals surface area contributed by atoms with Gasteiger partial charge in [0.25, 0.3) is 0 Å². The minimum absolute atomic E-state index is 0.0311. The normalized spacial score (nSPS) is 12.4. The number of hydrogen-bond donors (Lipinski definition) is 1. The first kappa shape index (κ1) is 13.3. The number of thiophene rings is 1. The van der Waals surface area contributed by atoms with E-state index in [4.69, 9.17) is 22.1 Å². The van der Waals surface area contributed by atoms with Crippen LogP contribution >= 0.6 is 22.9 Å². The van der Waals surface area contributed by atoms with E-state index in [2.05, 4.69) is 0 Å². The van der Waals surface area contributed by atoms with Crippen molar-refractivity contribution in [3.05, 3.63) is 51.2 Å². The fraction of sp³-hybridized carbons (Fsp3) is 0.167. The third kappa shape index (κ3) is 2.98. The third-order valence-corrected chi connectivity index (χ3v) is 3.61. The van der Waals surface area contributed by atoms with Gasteiger partial charge in [0.1, 0.15) is 11.9 Å². The molecule has 0 aliphatic rings. The second-order valence-corrected chi connectivity index (χ2v) is 5.31. The van der Waals surface area contributed by atoms with Crippen LogP contribution < -0.4 is 10.5 Å². The van der Waals surface area contributed by atoms with Crippen LogP contribution in [0.4, 0.5) is 8.78 Å². The standard InChI is InChI=1S/C12H10ClF2NOS/c13-12-4-3-11(18-12)10(6-16)17-9-2-1-7(14)5-8(9)15/h1-5,10H,6,16H2. The predicted octanol–water partition coefficient (Wildman–Crippen LogP) is 3.76. The summed E-state index contributed by atoms with van der Waals surface area (Å²) in [6.07, 6.45) is -0.498. The number of nitrogens with two attached hydrogens (primary N) is 1. The molecule has 2 aromatic rings. The maximum absolute atomic E-state index is 13.4. The smallest absolute Gasteiger partial charge is 0.168 e. The van der Waals surface area contributed by atoms with Gasteiger partial charge in [-0.15, -0.1) is 11.3 Å². The van der Waals surface area contributed by atoms with Gasteiger partial charge in [0, 0.05) is 17.5 Å². The molecule has 0 bridgehead atoms. The van der Waals surface area contributed by atoms with E-state index in [0.717, 1.165) is 17.0 Å². The molecule has 96 valence electrons. The molecule has 1 aromatic heterocycles. The van der Waals surface area contributed by atoms with Gasteiger partial charge in [0.05, 0.1) is 4.34 Å². The molecule has 1 atom stereocenters. The highest BCUT2D eigenvalue weighted by Gasteiger charge is 2.16. The molecule has 0 aliphatic carbocycles.